The van der Waals surface area contributed by atoms with Gasteiger partial charge in [0, 0.05) is 5.56 Å². The van der Waals surface area contributed by atoms with Gasteiger partial charge in [-0.1, -0.05) is 11.6 Å². The van der Waals surface area contributed by atoms with E-state index in [0.29, 0.717) is 45.3 Å². The molecule has 21 heavy (non-hydrogen) atoms. The molecule has 1 aliphatic heterocycles. The number of halogens is 1. The molecule has 0 fully saturated rings. The number of ether oxygens (including phenoxy) is 3. The SMILES string of the molecule is COC(=O)c1sc(-c2cc(Cl)c3c(c2)OCCO3)nc1C. The van der Waals surface area contributed by atoms with Crippen LogP contribution in [0.2, 0.25) is 5.02 Å². The number of fused-ring (bicyclic) bond motifs is 1. The molecule has 3 rings (SSSR count). The van der Waals surface area contributed by atoms with Crippen LogP contribution in [0.1, 0.15) is 15.4 Å². The summed E-state index contributed by atoms with van der Waals surface area (Å²) < 4.78 is 15.8. The van der Waals surface area contributed by atoms with Crippen molar-refractivity contribution in [2.24, 2.45) is 0 Å². The molecule has 2 heterocycles. The normalized spacial score (nSPS) is 13.1. The standard InChI is InChI=1S/C14H12ClNO4S/c1-7-12(14(17)18-2)21-13(16-7)8-5-9(15)11-10(6-8)19-3-4-20-11/h5-6H,3-4H2,1-2H3. The number of methoxy groups -OCH3 is 1. The Balaban J connectivity index is 2.05. The van der Waals surface area contributed by atoms with Gasteiger partial charge in [0.05, 0.1) is 17.8 Å². The second-order valence-electron chi connectivity index (χ2n) is 4.41. The second-order valence-corrected chi connectivity index (χ2v) is 5.81. The predicted octanol–water partition coefficient (Wildman–Crippen LogP) is 3.33. The quantitative estimate of drug-likeness (QED) is 0.793. The molecule has 1 aromatic carbocycles. The van der Waals surface area contributed by atoms with Crippen molar-refractivity contribution >= 4 is 28.9 Å². The Morgan fingerprint density at radius 2 is 2.14 bits per heavy atom. The maximum atomic E-state index is 11.7. The Hall–Kier alpha value is -1.79. The van der Waals surface area contributed by atoms with Crippen molar-refractivity contribution in [1.82, 2.24) is 4.98 Å². The van der Waals surface area contributed by atoms with Crippen LogP contribution < -0.4 is 9.47 Å². The number of carbonyl (C=O) groups excluding carboxylic acids is 1. The summed E-state index contributed by atoms with van der Waals surface area (Å²) >= 11 is 7.48. The first-order valence-corrected chi connectivity index (χ1v) is 7.45. The highest BCUT2D eigenvalue weighted by Crippen LogP contribution is 2.42. The van der Waals surface area contributed by atoms with Crippen molar-refractivity contribution in [1.29, 1.82) is 0 Å². The maximum Gasteiger partial charge on any atom is 0.349 e. The fraction of sp³-hybridized carbons (Fsp3) is 0.286. The second kappa shape index (κ2) is 5.54. The molecule has 0 saturated carbocycles. The van der Waals surface area contributed by atoms with Crippen LogP contribution in [0.15, 0.2) is 12.1 Å². The summed E-state index contributed by atoms with van der Waals surface area (Å²) in [5, 5.41) is 1.15. The molecule has 1 aliphatic rings. The van der Waals surface area contributed by atoms with Crippen molar-refractivity contribution < 1.29 is 19.0 Å². The summed E-state index contributed by atoms with van der Waals surface area (Å²) in [6, 6.07) is 3.58. The third kappa shape index (κ3) is 2.56. The van der Waals surface area contributed by atoms with E-state index >= 15 is 0 Å². The molecular formula is C14H12ClNO4S. The summed E-state index contributed by atoms with van der Waals surface area (Å²) in [7, 11) is 1.35. The molecule has 2 aromatic rings. The number of aryl methyl sites for hydroxylation is 1. The van der Waals surface area contributed by atoms with Gasteiger partial charge in [-0.3, -0.25) is 0 Å². The van der Waals surface area contributed by atoms with E-state index < -0.39 is 0 Å². The molecule has 0 atom stereocenters. The number of hydrogen-bond donors (Lipinski definition) is 0. The summed E-state index contributed by atoms with van der Waals surface area (Å²) in [4.78, 5) is 16.5. The Bertz CT molecular complexity index is 713. The van der Waals surface area contributed by atoms with Gasteiger partial charge in [0.1, 0.15) is 23.1 Å². The monoisotopic (exact) mass is 325 g/mol. The van der Waals surface area contributed by atoms with Gasteiger partial charge in [-0.05, 0) is 19.1 Å². The molecule has 0 unspecified atom stereocenters. The van der Waals surface area contributed by atoms with Crippen LogP contribution in [0.4, 0.5) is 0 Å². The number of hydrogen-bond acceptors (Lipinski definition) is 6. The molecule has 7 heteroatoms. The van der Waals surface area contributed by atoms with E-state index in [1.54, 1.807) is 13.0 Å². The molecule has 1 aromatic heterocycles. The zero-order valence-corrected chi connectivity index (χ0v) is 13.0. The van der Waals surface area contributed by atoms with E-state index in [9.17, 15) is 4.79 Å². The smallest absolute Gasteiger partial charge is 0.349 e. The lowest BCUT2D eigenvalue weighted by atomic mass is 10.2. The molecule has 5 nitrogen and oxygen atoms in total. The average molecular weight is 326 g/mol. The summed E-state index contributed by atoms with van der Waals surface area (Å²) in [5.41, 5.74) is 1.42. The topological polar surface area (TPSA) is 57.7 Å². The van der Waals surface area contributed by atoms with Crippen LogP contribution in [-0.2, 0) is 4.74 Å². The third-order valence-electron chi connectivity index (χ3n) is 3.01. The first kappa shape index (κ1) is 14.2. The molecule has 110 valence electrons. The van der Waals surface area contributed by atoms with Crippen LogP contribution in [0.25, 0.3) is 10.6 Å². The Morgan fingerprint density at radius 3 is 2.90 bits per heavy atom. The summed E-state index contributed by atoms with van der Waals surface area (Å²) in [6.45, 7) is 2.73. The van der Waals surface area contributed by atoms with Gasteiger partial charge in [-0.25, -0.2) is 9.78 Å². The van der Waals surface area contributed by atoms with Crippen LogP contribution in [0.3, 0.4) is 0 Å². The summed E-state index contributed by atoms with van der Waals surface area (Å²) in [6.07, 6.45) is 0. The average Bonchev–Trinajstić information content (AvgIpc) is 2.88. The van der Waals surface area contributed by atoms with E-state index in [0.717, 1.165) is 5.56 Å². The first-order valence-electron chi connectivity index (χ1n) is 6.25. The van der Waals surface area contributed by atoms with Gasteiger partial charge in [0.15, 0.2) is 11.5 Å². The van der Waals surface area contributed by atoms with Crippen LogP contribution in [0, 0.1) is 6.92 Å². The lowest BCUT2D eigenvalue weighted by molar-refractivity contribution is 0.0605. The van der Waals surface area contributed by atoms with E-state index in [1.165, 1.54) is 18.4 Å². The molecule has 0 spiro atoms. The number of esters is 1. The number of aromatic nitrogens is 1. The Kier molecular flexibility index (Phi) is 3.73. The van der Waals surface area contributed by atoms with Crippen LogP contribution in [-0.4, -0.2) is 31.3 Å². The highest BCUT2D eigenvalue weighted by atomic mass is 35.5. The molecule has 0 saturated heterocycles. The maximum absolute atomic E-state index is 11.7. The van der Waals surface area contributed by atoms with Gasteiger partial charge in [0.2, 0.25) is 0 Å². The number of rotatable bonds is 2. The summed E-state index contributed by atoms with van der Waals surface area (Å²) in [5.74, 6) is 0.754. The van der Waals surface area contributed by atoms with Crippen molar-refractivity contribution in [3.63, 3.8) is 0 Å². The molecule has 0 radical (unpaired) electrons. The molecule has 0 N–H and O–H groups in total. The fourth-order valence-electron chi connectivity index (χ4n) is 2.04. The number of benzene rings is 1. The van der Waals surface area contributed by atoms with E-state index in [-0.39, 0.29) is 5.97 Å². The van der Waals surface area contributed by atoms with Crippen molar-refractivity contribution in [3.8, 4) is 22.1 Å². The Morgan fingerprint density at radius 1 is 1.38 bits per heavy atom. The minimum atomic E-state index is -0.389. The first-order chi connectivity index (χ1) is 10.1. The zero-order chi connectivity index (χ0) is 15.0. The number of carbonyl (C=O) groups is 1. The zero-order valence-electron chi connectivity index (χ0n) is 11.4. The molecular weight excluding hydrogens is 314 g/mol. The third-order valence-corrected chi connectivity index (χ3v) is 4.48. The van der Waals surface area contributed by atoms with Gasteiger partial charge >= 0.3 is 5.97 Å². The number of thiazole rings is 1. The van der Waals surface area contributed by atoms with Gasteiger partial charge in [-0.2, -0.15) is 0 Å². The molecule has 0 bridgehead atoms. The van der Waals surface area contributed by atoms with Crippen molar-refractivity contribution in [2.75, 3.05) is 20.3 Å². The van der Waals surface area contributed by atoms with Crippen LogP contribution >= 0.6 is 22.9 Å². The van der Waals surface area contributed by atoms with E-state index in [4.69, 9.17) is 25.8 Å². The van der Waals surface area contributed by atoms with E-state index in [1.807, 2.05) is 6.07 Å². The highest BCUT2D eigenvalue weighted by Gasteiger charge is 2.21. The van der Waals surface area contributed by atoms with Gasteiger partial charge in [0.25, 0.3) is 0 Å². The number of nitrogens with zero attached hydrogens (tertiary/aromatic N) is 1. The van der Waals surface area contributed by atoms with Crippen LogP contribution in [0.5, 0.6) is 11.5 Å². The minimum Gasteiger partial charge on any atom is -0.486 e. The Labute approximate surface area is 130 Å². The minimum absolute atomic E-state index is 0.389. The predicted molar refractivity (Wildman–Crippen MR) is 79.6 cm³/mol. The van der Waals surface area contributed by atoms with Gasteiger partial charge in [-0.15, -0.1) is 11.3 Å². The highest BCUT2D eigenvalue weighted by molar-refractivity contribution is 7.17. The van der Waals surface area contributed by atoms with E-state index in [2.05, 4.69) is 4.98 Å². The lowest BCUT2D eigenvalue weighted by Gasteiger charge is -2.19. The molecule has 0 amide bonds. The fourth-order valence-corrected chi connectivity index (χ4v) is 3.27. The lowest BCUT2D eigenvalue weighted by Crippen LogP contribution is -2.15. The molecule has 0 aliphatic carbocycles. The van der Waals surface area contributed by atoms with Gasteiger partial charge < -0.3 is 14.2 Å². The largest absolute Gasteiger partial charge is 0.486 e. The van der Waals surface area contributed by atoms with Crippen molar-refractivity contribution in [2.45, 2.75) is 6.92 Å². The van der Waals surface area contributed by atoms with Crippen molar-refractivity contribution in [3.05, 3.63) is 27.7 Å².